The van der Waals surface area contributed by atoms with Gasteiger partial charge < -0.3 is 5.32 Å². The molecule has 2 aromatic rings. The molecule has 0 heterocycles. The van der Waals surface area contributed by atoms with Crippen LogP contribution in [-0.2, 0) is 6.54 Å². The van der Waals surface area contributed by atoms with Gasteiger partial charge in [0.25, 0.3) is 0 Å². The molecule has 0 atom stereocenters. The first-order valence-corrected chi connectivity index (χ1v) is 6.78. The van der Waals surface area contributed by atoms with Crippen molar-refractivity contribution < 1.29 is 8.78 Å². The number of hydrogen-bond acceptors (Lipinski definition) is 1. The molecular formula is C14H11BrClF2N. The van der Waals surface area contributed by atoms with Gasteiger partial charge in [0.15, 0.2) is 0 Å². The van der Waals surface area contributed by atoms with Crippen LogP contribution in [0.1, 0.15) is 11.1 Å². The standard InChI is InChI=1S/C14H11BrClF2N/c1-8-4-10(16)3-2-9(8)7-19-14-6-12(17)11(15)5-13(14)18/h2-6,19H,7H2,1H3. The number of benzene rings is 2. The van der Waals surface area contributed by atoms with Gasteiger partial charge in [0.05, 0.1) is 10.2 Å². The molecule has 0 aliphatic carbocycles. The van der Waals surface area contributed by atoms with Crippen LogP contribution in [0.3, 0.4) is 0 Å². The average molecular weight is 347 g/mol. The van der Waals surface area contributed by atoms with Gasteiger partial charge in [-0.05, 0) is 52.2 Å². The van der Waals surface area contributed by atoms with Crippen LogP contribution >= 0.6 is 27.5 Å². The van der Waals surface area contributed by atoms with Crippen molar-refractivity contribution in [3.8, 4) is 0 Å². The highest BCUT2D eigenvalue weighted by molar-refractivity contribution is 9.10. The maximum Gasteiger partial charge on any atom is 0.147 e. The molecule has 0 spiro atoms. The molecule has 100 valence electrons. The number of nitrogens with one attached hydrogen (secondary N) is 1. The van der Waals surface area contributed by atoms with E-state index in [1.54, 1.807) is 6.07 Å². The third kappa shape index (κ3) is 3.45. The van der Waals surface area contributed by atoms with Gasteiger partial charge in [0.1, 0.15) is 11.6 Å². The summed E-state index contributed by atoms with van der Waals surface area (Å²) < 4.78 is 27.1. The minimum atomic E-state index is -0.503. The van der Waals surface area contributed by atoms with Crippen LogP contribution < -0.4 is 5.32 Å². The monoisotopic (exact) mass is 345 g/mol. The largest absolute Gasteiger partial charge is 0.379 e. The Hall–Kier alpha value is -1.13. The lowest BCUT2D eigenvalue weighted by atomic mass is 10.1. The quantitative estimate of drug-likeness (QED) is 0.744. The molecule has 0 saturated heterocycles. The Morgan fingerprint density at radius 3 is 2.58 bits per heavy atom. The van der Waals surface area contributed by atoms with E-state index in [0.29, 0.717) is 11.6 Å². The van der Waals surface area contributed by atoms with Crippen LogP contribution in [0.15, 0.2) is 34.8 Å². The van der Waals surface area contributed by atoms with E-state index < -0.39 is 11.6 Å². The van der Waals surface area contributed by atoms with Crippen molar-refractivity contribution >= 4 is 33.2 Å². The molecule has 0 fully saturated rings. The molecule has 1 nitrogen and oxygen atoms in total. The van der Waals surface area contributed by atoms with Gasteiger partial charge in [-0.25, -0.2) is 8.78 Å². The molecule has 2 aromatic carbocycles. The highest BCUT2D eigenvalue weighted by Gasteiger charge is 2.08. The van der Waals surface area contributed by atoms with Gasteiger partial charge in [-0.1, -0.05) is 17.7 Å². The van der Waals surface area contributed by atoms with E-state index >= 15 is 0 Å². The van der Waals surface area contributed by atoms with Crippen molar-refractivity contribution in [2.45, 2.75) is 13.5 Å². The molecule has 0 aliphatic heterocycles. The lowest BCUT2D eigenvalue weighted by Gasteiger charge is -2.11. The van der Waals surface area contributed by atoms with Gasteiger partial charge in [0, 0.05) is 17.6 Å². The Morgan fingerprint density at radius 1 is 1.16 bits per heavy atom. The SMILES string of the molecule is Cc1cc(Cl)ccc1CNc1cc(F)c(Br)cc1F. The smallest absolute Gasteiger partial charge is 0.147 e. The first kappa shape index (κ1) is 14.3. The van der Waals surface area contributed by atoms with Crippen molar-refractivity contribution in [2.24, 2.45) is 0 Å². The summed E-state index contributed by atoms with van der Waals surface area (Å²) in [5, 5.41) is 3.53. The van der Waals surface area contributed by atoms with Crippen LogP contribution in [-0.4, -0.2) is 0 Å². The van der Waals surface area contributed by atoms with Crippen molar-refractivity contribution in [1.82, 2.24) is 0 Å². The summed E-state index contributed by atoms with van der Waals surface area (Å²) in [7, 11) is 0. The molecule has 0 unspecified atom stereocenters. The van der Waals surface area contributed by atoms with Crippen molar-refractivity contribution in [3.05, 3.63) is 62.6 Å². The molecule has 2 rings (SSSR count). The highest BCUT2D eigenvalue weighted by atomic mass is 79.9. The van der Waals surface area contributed by atoms with E-state index in [1.807, 2.05) is 19.1 Å². The van der Waals surface area contributed by atoms with E-state index in [9.17, 15) is 8.78 Å². The Balaban J connectivity index is 2.16. The first-order valence-electron chi connectivity index (χ1n) is 5.61. The number of halogens is 4. The summed E-state index contributed by atoms with van der Waals surface area (Å²) in [6, 6.07) is 7.69. The minimum Gasteiger partial charge on any atom is -0.379 e. The van der Waals surface area contributed by atoms with Crippen LogP contribution in [0.25, 0.3) is 0 Å². The molecule has 5 heteroatoms. The topological polar surface area (TPSA) is 12.0 Å². The van der Waals surface area contributed by atoms with Gasteiger partial charge in [-0.2, -0.15) is 0 Å². The fraction of sp³-hybridized carbons (Fsp3) is 0.143. The summed E-state index contributed by atoms with van der Waals surface area (Å²) in [6.45, 7) is 2.32. The molecule has 0 aromatic heterocycles. The molecule has 0 radical (unpaired) electrons. The maximum absolute atomic E-state index is 13.6. The second-order valence-electron chi connectivity index (χ2n) is 4.17. The number of rotatable bonds is 3. The molecule has 19 heavy (non-hydrogen) atoms. The fourth-order valence-electron chi connectivity index (χ4n) is 1.71. The van der Waals surface area contributed by atoms with Crippen LogP contribution in [0.4, 0.5) is 14.5 Å². The molecule has 1 N–H and O–H groups in total. The van der Waals surface area contributed by atoms with E-state index in [4.69, 9.17) is 11.6 Å². The van der Waals surface area contributed by atoms with Crippen LogP contribution in [0.2, 0.25) is 5.02 Å². The molecule has 0 saturated carbocycles. The Bertz CT molecular complexity index is 617. The van der Waals surface area contributed by atoms with E-state index in [-0.39, 0.29) is 10.2 Å². The zero-order valence-corrected chi connectivity index (χ0v) is 12.4. The maximum atomic E-state index is 13.6. The predicted octanol–water partition coefficient (Wildman–Crippen LogP) is 5.30. The lowest BCUT2D eigenvalue weighted by Crippen LogP contribution is -2.03. The second-order valence-corrected chi connectivity index (χ2v) is 5.46. The summed E-state index contributed by atoms with van der Waals surface area (Å²) in [5.41, 5.74) is 2.11. The van der Waals surface area contributed by atoms with E-state index in [0.717, 1.165) is 23.3 Å². The molecule has 0 aliphatic rings. The van der Waals surface area contributed by atoms with Crippen molar-refractivity contribution in [3.63, 3.8) is 0 Å². The highest BCUT2D eigenvalue weighted by Crippen LogP contribution is 2.24. The van der Waals surface area contributed by atoms with E-state index in [1.165, 1.54) is 0 Å². The predicted molar refractivity (Wildman–Crippen MR) is 77.6 cm³/mol. The molecular weight excluding hydrogens is 336 g/mol. The zero-order valence-electron chi connectivity index (χ0n) is 10.1. The third-order valence-corrected chi connectivity index (χ3v) is 3.63. The Morgan fingerprint density at radius 2 is 1.89 bits per heavy atom. The normalized spacial score (nSPS) is 10.6. The summed E-state index contributed by atoms with van der Waals surface area (Å²) in [5.74, 6) is -1.00. The zero-order chi connectivity index (χ0) is 14.0. The molecule has 0 amide bonds. The molecule has 0 bridgehead atoms. The second kappa shape index (κ2) is 5.88. The Labute approximate surface area is 123 Å². The summed E-state index contributed by atoms with van der Waals surface area (Å²) in [4.78, 5) is 0. The van der Waals surface area contributed by atoms with Gasteiger partial charge in [-0.3, -0.25) is 0 Å². The number of aryl methyl sites for hydroxylation is 1. The average Bonchev–Trinajstić information content (AvgIpc) is 2.34. The minimum absolute atomic E-state index is 0.109. The van der Waals surface area contributed by atoms with Crippen molar-refractivity contribution in [2.75, 3.05) is 5.32 Å². The van der Waals surface area contributed by atoms with Gasteiger partial charge >= 0.3 is 0 Å². The van der Waals surface area contributed by atoms with E-state index in [2.05, 4.69) is 21.2 Å². The fourth-order valence-corrected chi connectivity index (χ4v) is 2.25. The first-order chi connectivity index (χ1) is 8.97. The third-order valence-electron chi connectivity index (χ3n) is 2.78. The van der Waals surface area contributed by atoms with Gasteiger partial charge in [0.2, 0.25) is 0 Å². The van der Waals surface area contributed by atoms with Crippen LogP contribution in [0, 0.1) is 18.6 Å². The Kier molecular flexibility index (Phi) is 4.42. The number of anilines is 1. The van der Waals surface area contributed by atoms with Gasteiger partial charge in [-0.15, -0.1) is 0 Å². The van der Waals surface area contributed by atoms with Crippen LogP contribution in [0.5, 0.6) is 0 Å². The number of hydrogen-bond donors (Lipinski definition) is 1. The lowest BCUT2D eigenvalue weighted by molar-refractivity contribution is 0.596. The summed E-state index contributed by atoms with van der Waals surface area (Å²) in [6.07, 6.45) is 0. The summed E-state index contributed by atoms with van der Waals surface area (Å²) >= 11 is 8.80. The van der Waals surface area contributed by atoms with Crippen molar-refractivity contribution in [1.29, 1.82) is 0 Å².